The SMILES string of the molecule is CCCN(CCCNc1c2ccc(Cl)cc2nc2ccc(OC)cc12)Cc1ccccc1OC. The van der Waals surface area contributed by atoms with Crippen LogP contribution in [0.3, 0.4) is 0 Å². The highest BCUT2D eigenvalue weighted by atomic mass is 35.5. The second-order valence-corrected chi connectivity index (χ2v) is 8.84. The van der Waals surface area contributed by atoms with Gasteiger partial charge in [0.15, 0.2) is 0 Å². The summed E-state index contributed by atoms with van der Waals surface area (Å²) in [4.78, 5) is 7.31. The van der Waals surface area contributed by atoms with Crippen LogP contribution in [0.15, 0.2) is 60.7 Å². The molecule has 34 heavy (non-hydrogen) atoms. The summed E-state index contributed by atoms with van der Waals surface area (Å²) in [5, 5.41) is 6.49. The van der Waals surface area contributed by atoms with Crippen molar-refractivity contribution in [3.8, 4) is 11.5 Å². The van der Waals surface area contributed by atoms with E-state index in [4.69, 9.17) is 26.1 Å². The molecule has 0 radical (unpaired) electrons. The van der Waals surface area contributed by atoms with Crippen molar-refractivity contribution in [2.45, 2.75) is 26.3 Å². The van der Waals surface area contributed by atoms with Gasteiger partial charge in [-0.3, -0.25) is 4.90 Å². The van der Waals surface area contributed by atoms with Crippen molar-refractivity contribution in [2.75, 3.05) is 39.2 Å². The quantitative estimate of drug-likeness (QED) is 0.191. The third kappa shape index (κ3) is 5.54. The first-order valence-electron chi connectivity index (χ1n) is 11.8. The van der Waals surface area contributed by atoms with Gasteiger partial charge < -0.3 is 14.8 Å². The lowest BCUT2D eigenvalue weighted by Gasteiger charge is -2.23. The smallest absolute Gasteiger partial charge is 0.123 e. The maximum absolute atomic E-state index is 6.25. The van der Waals surface area contributed by atoms with E-state index in [0.29, 0.717) is 5.02 Å². The molecule has 0 unspecified atom stereocenters. The number of ether oxygens (including phenoxy) is 2. The summed E-state index contributed by atoms with van der Waals surface area (Å²) in [6.45, 7) is 6.00. The minimum atomic E-state index is 0.686. The van der Waals surface area contributed by atoms with Gasteiger partial charge in [-0.05, 0) is 61.9 Å². The Kier molecular flexibility index (Phi) is 8.09. The number of rotatable bonds is 11. The van der Waals surface area contributed by atoms with Crippen molar-refractivity contribution in [1.29, 1.82) is 0 Å². The van der Waals surface area contributed by atoms with E-state index in [1.165, 1.54) is 5.56 Å². The molecule has 0 aliphatic heterocycles. The highest BCUT2D eigenvalue weighted by molar-refractivity contribution is 6.31. The fourth-order valence-corrected chi connectivity index (χ4v) is 4.56. The maximum Gasteiger partial charge on any atom is 0.123 e. The Hall–Kier alpha value is -3.02. The monoisotopic (exact) mass is 477 g/mol. The maximum atomic E-state index is 6.25. The van der Waals surface area contributed by atoms with Gasteiger partial charge in [0.05, 0.1) is 30.9 Å². The fourth-order valence-electron chi connectivity index (χ4n) is 4.39. The van der Waals surface area contributed by atoms with Crippen LogP contribution in [0.2, 0.25) is 5.02 Å². The zero-order valence-electron chi connectivity index (χ0n) is 20.1. The van der Waals surface area contributed by atoms with Gasteiger partial charge in [-0.1, -0.05) is 36.7 Å². The zero-order chi connectivity index (χ0) is 23.9. The summed E-state index contributed by atoms with van der Waals surface area (Å²) in [6, 6.07) is 20.1. The van der Waals surface area contributed by atoms with Crippen molar-refractivity contribution < 1.29 is 9.47 Å². The van der Waals surface area contributed by atoms with Crippen LogP contribution in [0.1, 0.15) is 25.3 Å². The summed E-state index contributed by atoms with van der Waals surface area (Å²) in [5.41, 5.74) is 4.10. The van der Waals surface area contributed by atoms with Crippen LogP contribution < -0.4 is 14.8 Å². The number of hydrogen-bond donors (Lipinski definition) is 1. The molecule has 0 aliphatic rings. The van der Waals surface area contributed by atoms with E-state index in [-0.39, 0.29) is 0 Å². The molecule has 0 bridgehead atoms. The highest BCUT2D eigenvalue weighted by Gasteiger charge is 2.12. The number of nitrogens with zero attached hydrogens (tertiary/aromatic N) is 2. The largest absolute Gasteiger partial charge is 0.497 e. The van der Waals surface area contributed by atoms with Crippen LogP contribution in [-0.4, -0.2) is 43.7 Å². The Morgan fingerprint density at radius 2 is 1.76 bits per heavy atom. The summed E-state index contributed by atoms with van der Waals surface area (Å²) >= 11 is 6.25. The molecule has 4 aromatic rings. The molecule has 0 fully saturated rings. The van der Waals surface area contributed by atoms with Crippen molar-refractivity contribution in [1.82, 2.24) is 9.88 Å². The van der Waals surface area contributed by atoms with Crippen molar-refractivity contribution in [2.24, 2.45) is 0 Å². The van der Waals surface area contributed by atoms with Crippen LogP contribution in [0.5, 0.6) is 11.5 Å². The molecule has 0 aliphatic carbocycles. The third-order valence-corrected chi connectivity index (χ3v) is 6.26. The lowest BCUT2D eigenvalue weighted by molar-refractivity contribution is 0.260. The Balaban J connectivity index is 1.51. The average molecular weight is 478 g/mol. The number of aromatic nitrogens is 1. The Labute approximate surface area is 206 Å². The summed E-state index contributed by atoms with van der Waals surface area (Å²) in [6.07, 6.45) is 2.13. The molecular formula is C28H32ClN3O2. The fraction of sp³-hybridized carbons (Fsp3) is 0.321. The van der Waals surface area contributed by atoms with E-state index in [1.807, 2.05) is 48.5 Å². The standard InChI is InChI=1S/C28H32ClN3O2/c1-4-15-32(19-20-8-5-6-9-27(20)34-3)16-7-14-30-28-23-12-10-21(29)17-26(23)31-25-13-11-22(33-2)18-24(25)28/h5-6,8-13,17-18H,4,7,14-16,19H2,1-3H3,(H,30,31). The Morgan fingerprint density at radius 1 is 0.912 bits per heavy atom. The number of fused-ring (bicyclic) bond motifs is 2. The van der Waals surface area contributed by atoms with E-state index >= 15 is 0 Å². The van der Waals surface area contributed by atoms with E-state index in [9.17, 15) is 0 Å². The molecule has 0 saturated carbocycles. The minimum Gasteiger partial charge on any atom is -0.497 e. The molecule has 4 rings (SSSR count). The summed E-state index contributed by atoms with van der Waals surface area (Å²) in [7, 11) is 3.42. The predicted octanol–water partition coefficient (Wildman–Crippen LogP) is 6.77. The summed E-state index contributed by atoms with van der Waals surface area (Å²) < 4.78 is 11.0. The third-order valence-electron chi connectivity index (χ3n) is 6.02. The number of pyridine rings is 1. The molecular weight excluding hydrogens is 446 g/mol. The van der Waals surface area contributed by atoms with Gasteiger partial charge >= 0.3 is 0 Å². The molecule has 0 spiro atoms. The number of hydrogen-bond acceptors (Lipinski definition) is 5. The number of halogens is 1. The lowest BCUT2D eigenvalue weighted by atomic mass is 10.1. The highest BCUT2D eigenvalue weighted by Crippen LogP contribution is 2.34. The van der Waals surface area contributed by atoms with E-state index < -0.39 is 0 Å². The van der Waals surface area contributed by atoms with Crippen molar-refractivity contribution in [3.63, 3.8) is 0 Å². The lowest BCUT2D eigenvalue weighted by Crippen LogP contribution is -2.27. The van der Waals surface area contributed by atoms with Gasteiger partial charge in [0.2, 0.25) is 0 Å². The predicted molar refractivity (Wildman–Crippen MR) is 142 cm³/mol. The Bertz CT molecular complexity index is 1260. The molecule has 0 saturated heterocycles. The van der Waals surface area contributed by atoms with Crippen LogP contribution >= 0.6 is 11.6 Å². The number of nitrogens with one attached hydrogen (secondary N) is 1. The first kappa shape index (κ1) is 24.1. The van der Waals surface area contributed by atoms with Gasteiger partial charge in [0, 0.05) is 41.0 Å². The molecule has 0 atom stereocenters. The topological polar surface area (TPSA) is 46.6 Å². The van der Waals surface area contributed by atoms with Gasteiger partial charge in [0.1, 0.15) is 11.5 Å². The first-order chi connectivity index (χ1) is 16.6. The molecule has 3 aromatic carbocycles. The number of methoxy groups -OCH3 is 2. The first-order valence-corrected chi connectivity index (χ1v) is 12.2. The Morgan fingerprint density at radius 3 is 2.56 bits per heavy atom. The number of anilines is 1. The van der Waals surface area contributed by atoms with Crippen LogP contribution in [0.4, 0.5) is 5.69 Å². The second kappa shape index (κ2) is 11.4. The van der Waals surface area contributed by atoms with Crippen LogP contribution in [0, 0.1) is 0 Å². The van der Waals surface area contributed by atoms with Gasteiger partial charge in [-0.2, -0.15) is 0 Å². The van der Waals surface area contributed by atoms with Crippen LogP contribution in [-0.2, 0) is 6.54 Å². The molecule has 0 amide bonds. The van der Waals surface area contributed by atoms with Crippen molar-refractivity contribution >= 4 is 39.1 Å². The van der Waals surface area contributed by atoms with Gasteiger partial charge in [0.25, 0.3) is 0 Å². The van der Waals surface area contributed by atoms with Crippen LogP contribution in [0.25, 0.3) is 21.8 Å². The van der Waals surface area contributed by atoms with E-state index in [1.54, 1.807) is 14.2 Å². The van der Waals surface area contributed by atoms with Gasteiger partial charge in [-0.25, -0.2) is 4.98 Å². The summed E-state index contributed by atoms with van der Waals surface area (Å²) in [5.74, 6) is 1.76. The van der Waals surface area contributed by atoms with Gasteiger partial charge in [-0.15, -0.1) is 0 Å². The molecule has 1 N–H and O–H groups in total. The molecule has 178 valence electrons. The zero-order valence-corrected chi connectivity index (χ0v) is 20.9. The molecule has 1 aromatic heterocycles. The second-order valence-electron chi connectivity index (χ2n) is 8.40. The normalized spacial score (nSPS) is 11.3. The molecule has 5 nitrogen and oxygen atoms in total. The molecule has 1 heterocycles. The van der Waals surface area contributed by atoms with Crippen molar-refractivity contribution in [3.05, 3.63) is 71.2 Å². The number of benzene rings is 3. The molecule has 6 heteroatoms. The van der Waals surface area contributed by atoms with E-state index in [2.05, 4.69) is 29.3 Å². The number of para-hydroxylation sites is 1. The average Bonchev–Trinajstić information content (AvgIpc) is 2.85. The van der Waals surface area contributed by atoms with E-state index in [0.717, 1.165) is 78.0 Å². The minimum absolute atomic E-state index is 0.686.